The van der Waals surface area contributed by atoms with E-state index >= 15 is 0 Å². The van der Waals surface area contributed by atoms with E-state index in [4.69, 9.17) is 4.52 Å². The predicted octanol–water partition coefficient (Wildman–Crippen LogP) is 2.08. The van der Waals surface area contributed by atoms with Gasteiger partial charge in [-0.3, -0.25) is 4.31 Å². The van der Waals surface area contributed by atoms with Gasteiger partial charge in [0.25, 0.3) is 10.0 Å². The number of nitrogens with zero attached hydrogens (tertiary/aromatic N) is 3. The number of benzene rings is 1. The molecule has 0 saturated carbocycles. The van der Waals surface area contributed by atoms with Crippen LogP contribution in [0.1, 0.15) is 11.5 Å². The molecule has 1 aromatic carbocycles. The van der Waals surface area contributed by atoms with Crippen LogP contribution in [0, 0.1) is 19.7 Å². The Bertz CT molecular complexity index is 812. The van der Waals surface area contributed by atoms with Crippen molar-refractivity contribution in [3.63, 3.8) is 0 Å². The van der Waals surface area contributed by atoms with Crippen molar-refractivity contribution in [2.24, 2.45) is 0 Å². The molecule has 1 aliphatic heterocycles. The highest BCUT2D eigenvalue weighted by Gasteiger charge is 2.35. The molecule has 0 spiro atoms. The van der Waals surface area contributed by atoms with Crippen molar-refractivity contribution >= 4 is 21.4 Å². The Morgan fingerprint density at radius 1 is 1.23 bits per heavy atom. The third-order valence-electron chi connectivity index (χ3n) is 3.77. The third-order valence-corrected chi connectivity index (χ3v) is 5.83. The molecule has 0 fully saturated rings. The normalized spacial score (nSPS) is 15.1. The summed E-state index contributed by atoms with van der Waals surface area (Å²) in [5.74, 6) is -0.151. The Balaban J connectivity index is 2.16. The molecule has 0 aliphatic carbocycles. The Morgan fingerprint density at radius 2 is 1.95 bits per heavy atom. The van der Waals surface area contributed by atoms with Crippen LogP contribution < -0.4 is 9.21 Å². The van der Waals surface area contributed by atoms with Gasteiger partial charge in [-0.25, -0.2) is 12.8 Å². The van der Waals surface area contributed by atoms with Crippen molar-refractivity contribution in [1.82, 2.24) is 5.16 Å². The molecule has 0 bridgehead atoms. The van der Waals surface area contributed by atoms with E-state index in [-0.39, 0.29) is 17.2 Å². The molecule has 0 atom stereocenters. The van der Waals surface area contributed by atoms with E-state index in [0.29, 0.717) is 23.6 Å². The maximum atomic E-state index is 13.5. The van der Waals surface area contributed by atoms with Gasteiger partial charge in [-0.2, -0.15) is 0 Å². The van der Waals surface area contributed by atoms with Gasteiger partial charge in [0.15, 0.2) is 10.7 Å². The molecule has 118 valence electrons. The van der Waals surface area contributed by atoms with Gasteiger partial charge in [-0.05, 0) is 32.0 Å². The topological polar surface area (TPSA) is 66.7 Å². The number of hydrogen-bond acceptors (Lipinski definition) is 5. The molecular formula is C14H16FN3O3S. The molecule has 22 heavy (non-hydrogen) atoms. The zero-order valence-corrected chi connectivity index (χ0v) is 13.3. The summed E-state index contributed by atoms with van der Waals surface area (Å²) in [6, 6.07) is 4.08. The van der Waals surface area contributed by atoms with E-state index in [1.54, 1.807) is 20.9 Å². The fraction of sp³-hybridized carbons (Fsp3) is 0.357. The minimum Gasteiger partial charge on any atom is -0.371 e. The Labute approximate surface area is 128 Å². The summed E-state index contributed by atoms with van der Waals surface area (Å²) < 4.78 is 45.6. The molecule has 1 aliphatic rings. The molecule has 0 amide bonds. The van der Waals surface area contributed by atoms with Crippen LogP contribution in [0.3, 0.4) is 0 Å². The van der Waals surface area contributed by atoms with Gasteiger partial charge in [0.2, 0.25) is 0 Å². The molecule has 0 radical (unpaired) electrons. The molecule has 8 heteroatoms. The molecule has 0 unspecified atom stereocenters. The first-order valence-corrected chi connectivity index (χ1v) is 8.22. The fourth-order valence-electron chi connectivity index (χ4n) is 2.70. The molecular weight excluding hydrogens is 309 g/mol. The second-order valence-electron chi connectivity index (χ2n) is 5.29. The Hall–Kier alpha value is -2.09. The lowest BCUT2D eigenvalue weighted by molar-refractivity contribution is 0.390. The summed E-state index contributed by atoms with van der Waals surface area (Å²) in [5, 5.41) is 3.71. The summed E-state index contributed by atoms with van der Waals surface area (Å²) in [6.45, 7) is 3.90. The van der Waals surface area contributed by atoms with Crippen LogP contribution in [0.15, 0.2) is 27.6 Å². The number of anilines is 2. The van der Waals surface area contributed by atoms with E-state index < -0.39 is 15.8 Å². The van der Waals surface area contributed by atoms with E-state index in [9.17, 15) is 12.8 Å². The second kappa shape index (κ2) is 4.98. The number of likely N-dealkylation sites (N-methyl/N-ethyl adjacent to an activating group) is 1. The summed E-state index contributed by atoms with van der Waals surface area (Å²) in [5.41, 5.74) is 1.32. The Morgan fingerprint density at radius 3 is 2.59 bits per heavy atom. The number of hydrogen-bond donors (Lipinski definition) is 0. The second-order valence-corrected chi connectivity index (χ2v) is 7.08. The molecule has 6 nitrogen and oxygen atoms in total. The van der Waals surface area contributed by atoms with Crippen LogP contribution in [-0.2, 0) is 10.0 Å². The number of rotatable bonds is 2. The molecule has 0 N–H and O–H groups in total. The SMILES string of the molecule is Cc1noc(C)c1S(=O)(=O)N1CCN(C)c2cc(F)ccc21. The van der Waals surface area contributed by atoms with Gasteiger partial charge in [0.1, 0.15) is 11.5 Å². The maximum absolute atomic E-state index is 13.5. The van der Waals surface area contributed by atoms with Gasteiger partial charge in [-0.15, -0.1) is 0 Å². The van der Waals surface area contributed by atoms with Crippen LogP contribution in [0.25, 0.3) is 0 Å². The minimum absolute atomic E-state index is 0.0762. The molecule has 3 rings (SSSR count). The highest BCUT2D eigenvalue weighted by atomic mass is 32.2. The first-order valence-electron chi connectivity index (χ1n) is 6.78. The fourth-order valence-corrected chi connectivity index (χ4v) is 4.46. The standard InChI is InChI=1S/C14H16FN3O3S/c1-9-14(10(2)21-16-9)22(19,20)18-7-6-17(3)13-8-11(15)4-5-12(13)18/h4-5,8H,6-7H2,1-3H3. The van der Waals surface area contributed by atoms with Crippen LogP contribution in [-0.4, -0.2) is 33.7 Å². The lowest BCUT2D eigenvalue weighted by atomic mass is 10.2. The summed E-state index contributed by atoms with van der Waals surface area (Å²) in [4.78, 5) is 1.91. The third kappa shape index (κ3) is 2.14. The largest absolute Gasteiger partial charge is 0.371 e. The number of aromatic nitrogens is 1. The predicted molar refractivity (Wildman–Crippen MR) is 80.2 cm³/mol. The van der Waals surface area contributed by atoms with Gasteiger partial charge in [0, 0.05) is 13.6 Å². The molecule has 1 aromatic heterocycles. The maximum Gasteiger partial charge on any atom is 0.269 e. The van der Waals surface area contributed by atoms with Crippen LogP contribution in [0.2, 0.25) is 0 Å². The van der Waals surface area contributed by atoms with E-state index in [0.717, 1.165) is 0 Å². The molecule has 0 saturated heterocycles. The number of aryl methyl sites for hydroxylation is 2. The molecule has 2 aromatic rings. The van der Waals surface area contributed by atoms with Crippen molar-refractivity contribution in [3.8, 4) is 0 Å². The number of halogens is 1. The van der Waals surface area contributed by atoms with Crippen molar-refractivity contribution < 1.29 is 17.3 Å². The average molecular weight is 325 g/mol. The lowest BCUT2D eigenvalue weighted by Gasteiger charge is -2.36. The van der Waals surface area contributed by atoms with E-state index in [1.807, 2.05) is 4.90 Å². The van der Waals surface area contributed by atoms with Crippen molar-refractivity contribution in [1.29, 1.82) is 0 Å². The van der Waals surface area contributed by atoms with Crippen molar-refractivity contribution in [3.05, 3.63) is 35.5 Å². The monoisotopic (exact) mass is 325 g/mol. The molecule has 2 heterocycles. The zero-order chi connectivity index (χ0) is 16.1. The smallest absolute Gasteiger partial charge is 0.269 e. The zero-order valence-electron chi connectivity index (χ0n) is 12.5. The van der Waals surface area contributed by atoms with Crippen LogP contribution in [0.5, 0.6) is 0 Å². The number of fused-ring (bicyclic) bond motifs is 1. The average Bonchev–Trinajstić information content (AvgIpc) is 2.79. The first-order chi connectivity index (χ1) is 10.3. The van der Waals surface area contributed by atoms with Gasteiger partial charge >= 0.3 is 0 Å². The minimum atomic E-state index is -3.80. The Kier molecular flexibility index (Phi) is 3.36. The van der Waals surface area contributed by atoms with Gasteiger partial charge < -0.3 is 9.42 Å². The first kappa shape index (κ1) is 14.8. The van der Waals surface area contributed by atoms with Gasteiger partial charge in [-0.1, -0.05) is 5.16 Å². The summed E-state index contributed by atoms with van der Waals surface area (Å²) in [6.07, 6.45) is 0. The highest BCUT2D eigenvalue weighted by Crippen LogP contribution is 2.37. The summed E-state index contributed by atoms with van der Waals surface area (Å²) >= 11 is 0. The van der Waals surface area contributed by atoms with E-state index in [2.05, 4.69) is 5.16 Å². The van der Waals surface area contributed by atoms with Gasteiger partial charge in [0.05, 0.1) is 17.9 Å². The van der Waals surface area contributed by atoms with E-state index in [1.165, 1.54) is 22.5 Å². The van der Waals surface area contributed by atoms with Crippen LogP contribution in [0.4, 0.5) is 15.8 Å². The quantitative estimate of drug-likeness (QED) is 0.846. The van der Waals surface area contributed by atoms with Crippen molar-refractivity contribution in [2.75, 3.05) is 29.3 Å². The summed E-state index contributed by atoms with van der Waals surface area (Å²) in [7, 11) is -2.00. The highest BCUT2D eigenvalue weighted by molar-refractivity contribution is 7.93. The lowest BCUT2D eigenvalue weighted by Crippen LogP contribution is -2.42. The van der Waals surface area contributed by atoms with Crippen molar-refractivity contribution in [2.45, 2.75) is 18.7 Å². The number of sulfonamides is 1. The van der Waals surface area contributed by atoms with Crippen LogP contribution >= 0.6 is 0 Å².